The molecule has 30 heavy (non-hydrogen) atoms. The molecule has 0 atom stereocenters. The van der Waals surface area contributed by atoms with E-state index in [9.17, 15) is 18.0 Å². The summed E-state index contributed by atoms with van der Waals surface area (Å²) in [6.07, 6.45) is 0. The first-order chi connectivity index (χ1) is 14.2. The number of hydrogen-bond donors (Lipinski definition) is 2. The van der Waals surface area contributed by atoms with Crippen molar-refractivity contribution in [2.75, 3.05) is 37.4 Å². The van der Waals surface area contributed by atoms with Gasteiger partial charge in [0.15, 0.2) is 5.78 Å². The molecular weight excluding hydrogens is 406 g/mol. The summed E-state index contributed by atoms with van der Waals surface area (Å²) < 4.78 is 32.1. The number of rotatable bonds is 10. The number of amides is 1. The molecule has 1 amide bonds. The minimum atomic E-state index is -3.64. The lowest BCUT2D eigenvalue weighted by molar-refractivity contribution is -0.114. The zero-order chi connectivity index (χ0) is 22.3. The minimum Gasteiger partial charge on any atom is -0.495 e. The molecule has 9 heteroatoms. The van der Waals surface area contributed by atoms with Gasteiger partial charge in [0.1, 0.15) is 5.75 Å². The Morgan fingerprint density at radius 1 is 1.03 bits per heavy atom. The van der Waals surface area contributed by atoms with Crippen LogP contribution in [0, 0.1) is 0 Å². The Morgan fingerprint density at radius 2 is 1.67 bits per heavy atom. The number of carbonyl (C=O) groups excluding carboxylic acids is 2. The number of nitrogens with zero attached hydrogens (tertiary/aromatic N) is 1. The maximum Gasteiger partial charge on any atom is 0.243 e. The highest BCUT2D eigenvalue weighted by atomic mass is 32.2. The second kappa shape index (κ2) is 10.2. The number of ether oxygens (including phenoxy) is 1. The summed E-state index contributed by atoms with van der Waals surface area (Å²) in [5.41, 5.74) is 1.51. The van der Waals surface area contributed by atoms with Crippen molar-refractivity contribution in [2.24, 2.45) is 0 Å². The smallest absolute Gasteiger partial charge is 0.243 e. The van der Waals surface area contributed by atoms with Crippen molar-refractivity contribution < 1.29 is 22.7 Å². The summed E-state index contributed by atoms with van der Waals surface area (Å²) in [5.74, 6) is 0.0397. The van der Waals surface area contributed by atoms with E-state index in [2.05, 4.69) is 10.6 Å². The van der Waals surface area contributed by atoms with Crippen molar-refractivity contribution in [2.45, 2.75) is 25.7 Å². The maximum absolute atomic E-state index is 12.8. The Labute approximate surface area is 177 Å². The molecule has 2 aromatic carbocycles. The van der Waals surface area contributed by atoms with Crippen LogP contribution in [0.5, 0.6) is 5.75 Å². The maximum atomic E-state index is 12.8. The van der Waals surface area contributed by atoms with Gasteiger partial charge in [-0.05, 0) is 49.4 Å². The lowest BCUT2D eigenvalue weighted by Gasteiger charge is -2.20. The van der Waals surface area contributed by atoms with E-state index >= 15 is 0 Å². The normalized spacial score (nSPS) is 11.2. The molecule has 0 spiro atoms. The van der Waals surface area contributed by atoms with E-state index < -0.39 is 10.0 Å². The van der Waals surface area contributed by atoms with Gasteiger partial charge in [-0.2, -0.15) is 4.31 Å². The van der Waals surface area contributed by atoms with Gasteiger partial charge in [0.25, 0.3) is 0 Å². The highest BCUT2D eigenvalue weighted by Gasteiger charge is 2.23. The monoisotopic (exact) mass is 433 g/mol. The number of methoxy groups -OCH3 is 1. The van der Waals surface area contributed by atoms with Gasteiger partial charge in [0.2, 0.25) is 15.9 Å². The van der Waals surface area contributed by atoms with Gasteiger partial charge < -0.3 is 15.4 Å². The predicted octanol–water partition coefficient (Wildman–Crippen LogP) is 2.98. The third kappa shape index (κ3) is 5.58. The Hall–Kier alpha value is -2.91. The molecular formula is C21H27N3O5S. The lowest BCUT2D eigenvalue weighted by Crippen LogP contribution is -2.30. The number of sulfonamides is 1. The van der Waals surface area contributed by atoms with Gasteiger partial charge >= 0.3 is 0 Å². The van der Waals surface area contributed by atoms with Crippen molar-refractivity contribution in [3.63, 3.8) is 0 Å². The van der Waals surface area contributed by atoms with Crippen LogP contribution in [0.15, 0.2) is 47.4 Å². The molecule has 8 nitrogen and oxygen atoms in total. The van der Waals surface area contributed by atoms with Crippen LogP contribution in [0.2, 0.25) is 0 Å². The Kier molecular flexibility index (Phi) is 7.96. The average Bonchev–Trinajstić information content (AvgIpc) is 2.73. The SMILES string of the molecule is CCN(CC)S(=O)(=O)c1ccc(OC)c(NCC(=O)Nc2ccc(C(C)=O)cc2)c1. The third-order valence-corrected chi connectivity index (χ3v) is 6.57. The minimum absolute atomic E-state index is 0.0545. The largest absolute Gasteiger partial charge is 0.495 e. The topological polar surface area (TPSA) is 105 Å². The van der Waals surface area contributed by atoms with Gasteiger partial charge in [-0.1, -0.05) is 13.8 Å². The van der Waals surface area contributed by atoms with Crippen LogP contribution < -0.4 is 15.4 Å². The molecule has 0 aliphatic carbocycles. The fourth-order valence-corrected chi connectivity index (χ4v) is 4.35. The van der Waals surface area contributed by atoms with Gasteiger partial charge in [-0.25, -0.2) is 8.42 Å². The van der Waals surface area contributed by atoms with Crippen LogP contribution in [-0.4, -0.2) is 51.2 Å². The number of anilines is 2. The molecule has 162 valence electrons. The van der Waals surface area contributed by atoms with E-state index in [0.717, 1.165) is 0 Å². The number of carbonyl (C=O) groups is 2. The quantitative estimate of drug-likeness (QED) is 0.558. The van der Waals surface area contributed by atoms with Gasteiger partial charge in [-0.3, -0.25) is 9.59 Å². The van der Waals surface area contributed by atoms with Crippen LogP contribution in [-0.2, 0) is 14.8 Å². The second-order valence-corrected chi connectivity index (χ2v) is 8.42. The van der Waals surface area contributed by atoms with Crippen molar-refractivity contribution in [1.82, 2.24) is 4.31 Å². The second-order valence-electron chi connectivity index (χ2n) is 6.49. The summed E-state index contributed by atoms with van der Waals surface area (Å²) in [4.78, 5) is 23.7. The molecule has 0 aliphatic rings. The number of Topliss-reactive ketones (excluding diaryl/α,β-unsaturated/α-hetero) is 1. The molecule has 0 bridgehead atoms. The Morgan fingerprint density at radius 3 is 2.20 bits per heavy atom. The zero-order valence-corrected chi connectivity index (χ0v) is 18.4. The van der Waals surface area contributed by atoms with E-state index in [-0.39, 0.29) is 23.1 Å². The lowest BCUT2D eigenvalue weighted by atomic mass is 10.1. The van der Waals surface area contributed by atoms with Crippen molar-refractivity contribution in [3.05, 3.63) is 48.0 Å². The summed E-state index contributed by atoms with van der Waals surface area (Å²) >= 11 is 0. The first-order valence-corrected chi connectivity index (χ1v) is 11.0. The first-order valence-electron chi connectivity index (χ1n) is 9.55. The molecule has 0 unspecified atom stereocenters. The zero-order valence-electron chi connectivity index (χ0n) is 17.6. The first kappa shape index (κ1) is 23.4. The highest BCUT2D eigenvalue weighted by Crippen LogP contribution is 2.28. The summed E-state index contributed by atoms with van der Waals surface area (Å²) in [6, 6.07) is 11.1. The molecule has 2 N–H and O–H groups in total. The van der Waals surface area contributed by atoms with Gasteiger partial charge in [0, 0.05) is 24.3 Å². The van der Waals surface area contributed by atoms with E-state index in [0.29, 0.717) is 35.8 Å². The van der Waals surface area contributed by atoms with Crippen LogP contribution in [0.3, 0.4) is 0 Å². The van der Waals surface area contributed by atoms with E-state index in [1.165, 1.54) is 30.5 Å². The fraction of sp³-hybridized carbons (Fsp3) is 0.333. The highest BCUT2D eigenvalue weighted by molar-refractivity contribution is 7.89. The molecule has 0 saturated carbocycles. The summed E-state index contributed by atoms with van der Waals surface area (Å²) in [7, 11) is -2.17. The van der Waals surface area contributed by atoms with Crippen LogP contribution >= 0.6 is 0 Å². The van der Waals surface area contributed by atoms with Crippen LogP contribution in [0.4, 0.5) is 11.4 Å². The number of benzene rings is 2. The Balaban J connectivity index is 2.13. The van der Waals surface area contributed by atoms with E-state index in [1.54, 1.807) is 44.2 Å². The average molecular weight is 434 g/mol. The van der Waals surface area contributed by atoms with Gasteiger partial charge in [-0.15, -0.1) is 0 Å². The van der Waals surface area contributed by atoms with Crippen LogP contribution in [0.25, 0.3) is 0 Å². The molecule has 0 heterocycles. The molecule has 0 saturated heterocycles. The standard InChI is InChI=1S/C21H27N3O5S/c1-5-24(6-2)30(27,28)18-11-12-20(29-4)19(13-18)22-14-21(26)23-17-9-7-16(8-10-17)15(3)25/h7-13,22H,5-6,14H2,1-4H3,(H,23,26). The predicted molar refractivity (Wildman–Crippen MR) is 117 cm³/mol. The van der Waals surface area contributed by atoms with E-state index in [1.807, 2.05) is 0 Å². The Bertz CT molecular complexity index is 1000. The van der Waals surface area contributed by atoms with Crippen molar-refractivity contribution >= 4 is 33.1 Å². The molecule has 0 fully saturated rings. The summed E-state index contributed by atoms with van der Waals surface area (Å²) in [5, 5.41) is 5.64. The van der Waals surface area contributed by atoms with E-state index in [4.69, 9.17) is 4.74 Å². The number of hydrogen-bond acceptors (Lipinski definition) is 6. The third-order valence-electron chi connectivity index (χ3n) is 4.53. The van der Waals surface area contributed by atoms with Crippen molar-refractivity contribution in [1.29, 1.82) is 0 Å². The molecule has 0 radical (unpaired) electrons. The molecule has 2 aromatic rings. The fourth-order valence-electron chi connectivity index (χ4n) is 2.87. The molecule has 0 aliphatic heterocycles. The van der Waals surface area contributed by atoms with Crippen LogP contribution in [0.1, 0.15) is 31.1 Å². The number of nitrogens with one attached hydrogen (secondary N) is 2. The van der Waals surface area contributed by atoms with Gasteiger partial charge in [0.05, 0.1) is 24.2 Å². The van der Waals surface area contributed by atoms with Crippen molar-refractivity contribution in [3.8, 4) is 5.75 Å². The number of ketones is 1. The summed E-state index contributed by atoms with van der Waals surface area (Å²) in [6.45, 7) is 5.64. The molecule has 2 rings (SSSR count). The molecule has 0 aromatic heterocycles.